The zero-order valence-corrected chi connectivity index (χ0v) is 17.6. The summed E-state index contributed by atoms with van der Waals surface area (Å²) in [6.45, 7) is 0.696. The van der Waals surface area contributed by atoms with E-state index >= 15 is 0 Å². The Morgan fingerprint density at radius 2 is 1.68 bits per heavy atom. The maximum atomic E-state index is 9.71. The van der Waals surface area contributed by atoms with Gasteiger partial charge in [0.2, 0.25) is 0 Å². The summed E-state index contributed by atoms with van der Waals surface area (Å²) in [5.74, 6) is 0.248. The summed E-state index contributed by atoms with van der Waals surface area (Å²) in [7, 11) is 0. The minimum atomic E-state index is -0.0804. The van der Waals surface area contributed by atoms with Crippen LogP contribution in [-0.2, 0) is 6.54 Å². The topological polar surface area (TPSA) is 53.3 Å². The van der Waals surface area contributed by atoms with E-state index in [2.05, 4.69) is 38.0 Å². The van der Waals surface area contributed by atoms with E-state index in [0.717, 1.165) is 17.1 Å². The number of benzene rings is 2. The molecule has 0 saturated carbocycles. The number of thiocarbonyl (C=S) groups is 1. The molecule has 0 unspecified atom stereocenters. The number of aromatic nitrogens is 2. The van der Waals surface area contributed by atoms with Crippen molar-refractivity contribution in [2.24, 2.45) is 0 Å². The Kier molecular flexibility index (Phi) is 5.14. The zero-order valence-electron chi connectivity index (χ0n) is 16.8. The number of nitrogens with one attached hydrogen (secondary N) is 1. The van der Waals surface area contributed by atoms with Crippen molar-refractivity contribution in [3.63, 3.8) is 0 Å². The van der Waals surface area contributed by atoms with Crippen molar-refractivity contribution in [3.8, 4) is 11.4 Å². The molecule has 1 aliphatic heterocycles. The maximum Gasteiger partial charge on any atom is 0.170 e. The molecule has 31 heavy (non-hydrogen) atoms. The lowest BCUT2D eigenvalue weighted by atomic mass is 10.0. The second kappa shape index (κ2) is 8.24. The smallest absolute Gasteiger partial charge is 0.170 e. The summed E-state index contributed by atoms with van der Waals surface area (Å²) in [6.07, 6.45) is 3.86. The highest BCUT2D eigenvalue weighted by Gasteiger charge is 2.41. The fourth-order valence-electron chi connectivity index (χ4n) is 4.16. The lowest BCUT2D eigenvalue weighted by Gasteiger charge is -2.29. The molecule has 2 aromatic heterocycles. The number of rotatable bonds is 5. The van der Waals surface area contributed by atoms with E-state index in [4.69, 9.17) is 12.2 Å². The third kappa shape index (κ3) is 3.78. The molecule has 0 spiro atoms. The van der Waals surface area contributed by atoms with Gasteiger partial charge in [-0.05, 0) is 66.3 Å². The maximum absolute atomic E-state index is 9.71. The van der Waals surface area contributed by atoms with E-state index in [1.54, 1.807) is 12.1 Å². The molecule has 2 aromatic carbocycles. The predicted octanol–water partition coefficient (Wildman–Crippen LogP) is 4.75. The molecule has 1 fully saturated rings. The van der Waals surface area contributed by atoms with Gasteiger partial charge in [0.1, 0.15) is 5.75 Å². The van der Waals surface area contributed by atoms with E-state index < -0.39 is 0 Å². The van der Waals surface area contributed by atoms with E-state index in [9.17, 15) is 5.11 Å². The van der Waals surface area contributed by atoms with Crippen molar-refractivity contribution in [3.05, 3.63) is 114 Å². The Morgan fingerprint density at radius 1 is 0.903 bits per heavy atom. The quantitative estimate of drug-likeness (QED) is 0.451. The molecule has 6 heteroatoms. The largest absolute Gasteiger partial charge is 0.508 e. The number of aromatic hydroxyl groups is 1. The van der Waals surface area contributed by atoms with Crippen LogP contribution in [0.15, 0.2) is 97.3 Å². The van der Waals surface area contributed by atoms with Crippen LogP contribution in [0.2, 0.25) is 0 Å². The first-order chi connectivity index (χ1) is 15.2. The van der Waals surface area contributed by atoms with Gasteiger partial charge >= 0.3 is 0 Å². The van der Waals surface area contributed by atoms with Crippen LogP contribution in [0.5, 0.6) is 5.75 Å². The average molecular weight is 427 g/mol. The number of hydrogen-bond acceptors (Lipinski definition) is 3. The molecule has 0 amide bonds. The van der Waals surface area contributed by atoms with Crippen molar-refractivity contribution in [2.45, 2.75) is 18.6 Å². The highest BCUT2D eigenvalue weighted by atomic mass is 32.1. The molecule has 2 N–H and O–H groups in total. The molecule has 1 aliphatic rings. The summed E-state index contributed by atoms with van der Waals surface area (Å²) in [5, 5.41) is 13.9. The number of nitrogens with zero attached hydrogens (tertiary/aromatic N) is 3. The minimum absolute atomic E-state index is 0.0496. The van der Waals surface area contributed by atoms with Gasteiger partial charge in [-0.15, -0.1) is 0 Å². The first kappa shape index (κ1) is 19.3. The molecule has 2 atom stereocenters. The first-order valence-corrected chi connectivity index (χ1v) is 10.6. The van der Waals surface area contributed by atoms with Gasteiger partial charge in [0.05, 0.1) is 17.8 Å². The number of hydrogen-bond donors (Lipinski definition) is 2. The summed E-state index contributed by atoms with van der Waals surface area (Å²) in [6, 6.07) is 27.6. The Balaban J connectivity index is 1.60. The summed E-state index contributed by atoms with van der Waals surface area (Å²) in [5.41, 5.74) is 4.23. The molecular formula is C25H22N4OS. The molecule has 3 heterocycles. The van der Waals surface area contributed by atoms with Gasteiger partial charge in [0.25, 0.3) is 0 Å². The van der Waals surface area contributed by atoms with E-state index in [1.807, 2.05) is 67.0 Å². The van der Waals surface area contributed by atoms with Crippen LogP contribution in [-0.4, -0.2) is 24.7 Å². The monoisotopic (exact) mass is 426 g/mol. The lowest BCUT2D eigenvalue weighted by molar-refractivity contribution is 0.302. The molecule has 5 rings (SSSR count). The molecule has 154 valence electrons. The molecular weight excluding hydrogens is 404 g/mol. The number of phenolic OH excluding ortho intramolecular Hbond substituents is 1. The van der Waals surface area contributed by atoms with Crippen molar-refractivity contribution >= 4 is 17.3 Å². The first-order valence-electron chi connectivity index (χ1n) is 10.2. The van der Waals surface area contributed by atoms with Crippen molar-refractivity contribution in [1.29, 1.82) is 0 Å². The normalized spacial score (nSPS) is 18.2. The van der Waals surface area contributed by atoms with Crippen molar-refractivity contribution in [2.75, 3.05) is 0 Å². The second-order valence-corrected chi connectivity index (χ2v) is 7.95. The third-order valence-corrected chi connectivity index (χ3v) is 5.96. The average Bonchev–Trinajstić information content (AvgIpc) is 3.40. The van der Waals surface area contributed by atoms with E-state index in [1.165, 1.54) is 5.56 Å². The third-order valence-electron chi connectivity index (χ3n) is 5.60. The van der Waals surface area contributed by atoms with Gasteiger partial charge in [0, 0.05) is 30.3 Å². The summed E-state index contributed by atoms with van der Waals surface area (Å²) < 4.78 is 2.15. The SMILES string of the molecule is Oc1ccc(-n2cccc2[C@H]2[C@@H](c3ccccn3)NC(=S)N2Cc2ccccc2)cc1. The lowest BCUT2D eigenvalue weighted by Crippen LogP contribution is -2.30. The highest BCUT2D eigenvalue weighted by Crippen LogP contribution is 2.40. The molecule has 0 aliphatic carbocycles. The fourth-order valence-corrected chi connectivity index (χ4v) is 4.47. The molecule has 4 aromatic rings. The minimum Gasteiger partial charge on any atom is -0.508 e. The Bertz CT molecular complexity index is 1180. The molecule has 5 nitrogen and oxygen atoms in total. The summed E-state index contributed by atoms with van der Waals surface area (Å²) in [4.78, 5) is 6.85. The van der Waals surface area contributed by atoms with Crippen LogP contribution in [0.4, 0.5) is 0 Å². The van der Waals surface area contributed by atoms with Crippen LogP contribution in [0, 0.1) is 0 Å². The second-order valence-electron chi connectivity index (χ2n) is 7.56. The van der Waals surface area contributed by atoms with E-state index in [-0.39, 0.29) is 17.8 Å². The van der Waals surface area contributed by atoms with Gasteiger partial charge in [-0.25, -0.2) is 0 Å². The molecule has 0 bridgehead atoms. The number of phenols is 1. The van der Waals surface area contributed by atoms with Crippen LogP contribution in [0.3, 0.4) is 0 Å². The van der Waals surface area contributed by atoms with Gasteiger partial charge in [-0.3, -0.25) is 4.98 Å². The molecule has 1 saturated heterocycles. The van der Waals surface area contributed by atoms with Crippen LogP contribution in [0.1, 0.15) is 29.0 Å². The van der Waals surface area contributed by atoms with Gasteiger partial charge in [0.15, 0.2) is 5.11 Å². The van der Waals surface area contributed by atoms with Crippen molar-refractivity contribution < 1.29 is 5.11 Å². The van der Waals surface area contributed by atoms with Gasteiger partial charge in [-0.1, -0.05) is 36.4 Å². The Morgan fingerprint density at radius 3 is 2.42 bits per heavy atom. The van der Waals surface area contributed by atoms with Gasteiger partial charge in [-0.2, -0.15) is 0 Å². The van der Waals surface area contributed by atoms with Crippen LogP contribution in [0.25, 0.3) is 5.69 Å². The van der Waals surface area contributed by atoms with Crippen LogP contribution >= 0.6 is 12.2 Å². The Labute approximate surface area is 186 Å². The highest BCUT2D eigenvalue weighted by molar-refractivity contribution is 7.80. The van der Waals surface area contributed by atoms with Gasteiger partial charge < -0.3 is 19.9 Å². The number of pyridine rings is 1. The fraction of sp³-hybridized carbons (Fsp3) is 0.120. The van der Waals surface area contributed by atoms with Crippen LogP contribution < -0.4 is 5.32 Å². The molecule has 0 radical (unpaired) electrons. The zero-order chi connectivity index (χ0) is 21.2. The predicted molar refractivity (Wildman–Crippen MR) is 125 cm³/mol. The Hall–Kier alpha value is -3.64. The standard InChI is InChI=1S/C25H22N4OS/c30-20-13-11-19(12-14-20)28-16-6-10-22(28)24-23(21-9-4-5-15-26-21)27-25(31)29(24)17-18-7-2-1-3-8-18/h1-16,23-24,30H,17H2,(H,27,31)/t23-,24+/m1/s1. The van der Waals surface area contributed by atoms with Crippen molar-refractivity contribution in [1.82, 2.24) is 19.8 Å². The summed E-state index contributed by atoms with van der Waals surface area (Å²) >= 11 is 5.79. The van der Waals surface area contributed by atoms with E-state index in [0.29, 0.717) is 11.7 Å².